The summed E-state index contributed by atoms with van der Waals surface area (Å²) in [5, 5.41) is 3.44. The van der Waals surface area contributed by atoms with E-state index in [9.17, 15) is 4.79 Å². The summed E-state index contributed by atoms with van der Waals surface area (Å²) in [6, 6.07) is 1.85. The van der Waals surface area contributed by atoms with E-state index in [1.807, 2.05) is 17.9 Å². The van der Waals surface area contributed by atoms with Crippen molar-refractivity contribution in [1.82, 2.24) is 10.2 Å². The van der Waals surface area contributed by atoms with Gasteiger partial charge < -0.3 is 14.6 Å². The molecule has 0 unspecified atom stereocenters. The lowest BCUT2D eigenvalue weighted by Gasteiger charge is -2.38. The Morgan fingerprint density at radius 3 is 2.60 bits per heavy atom. The highest BCUT2D eigenvalue weighted by molar-refractivity contribution is 9.10. The highest BCUT2D eigenvalue weighted by Crippen LogP contribution is 2.37. The summed E-state index contributed by atoms with van der Waals surface area (Å²) < 4.78 is 6.09. The van der Waals surface area contributed by atoms with Gasteiger partial charge in [0.1, 0.15) is 0 Å². The third kappa shape index (κ3) is 2.90. The number of likely N-dealkylation sites (tertiary alicyclic amines) is 1. The van der Waals surface area contributed by atoms with Crippen molar-refractivity contribution in [3.8, 4) is 0 Å². The number of carbonyl (C=O) groups excluding carboxylic acids is 1. The Morgan fingerprint density at radius 2 is 2.10 bits per heavy atom. The number of amides is 1. The van der Waals surface area contributed by atoms with Crippen LogP contribution in [0.3, 0.4) is 0 Å². The molecule has 4 nitrogen and oxygen atoms in total. The molecule has 0 atom stereocenters. The molecule has 2 aliphatic rings. The molecule has 0 aliphatic carbocycles. The van der Waals surface area contributed by atoms with Crippen molar-refractivity contribution in [1.29, 1.82) is 0 Å². The molecule has 2 fully saturated rings. The number of hydrogen-bond donors (Lipinski definition) is 1. The van der Waals surface area contributed by atoms with Gasteiger partial charge in [-0.25, -0.2) is 0 Å². The first kappa shape index (κ1) is 15.9. The highest BCUT2D eigenvalue weighted by Gasteiger charge is 2.38. The van der Waals surface area contributed by atoms with Gasteiger partial charge >= 0.3 is 0 Å². The summed E-state index contributed by atoms with van der Waals surface area (Å²) in [5.74, 6) is 0.511. The second-order valence-corrected chi connectivity index (χ2v) is 6.56. The lowest BCUT2D eigenvalue weighted by Crippen LogP contribution is -2.44. The molecule has 0 bridgehead atoms. The maximum atomic E-state index is 12.4. The minimum atomic E-state index is 0. The lowest BCUT2D eigenvalue weighted by molar-refractivity contribution is 0.0575. The number of carbonyl (C=O) groups is 1. The Hall–Kier alpha value is -0.520. The number of hydrogen-bond acceptors (Lipinski definition) is 3. The van der Waals surface area contributed by atoms with Gasteiger partial charge in [-0.3, -0.25) is 4.79 Å². The number of piperidine rings is 1. The molecule has 1 spiro atoms. The molecule has 1 amide bonds. The van der Waals surface area contributed by atoms with E-state index in [1.165, 1.54) is 6.42 Å². The third-order valence-corrected chi connectivity index (χ3v) is 4.92. The number of furan rings is 1. The fourth-order valence-electron chi connectivity index (χ4n) is 3.21. The average molecular weight is 364 g/mol. The fourth-order valence-corrected chi connectivity index (χ4v) is 3.71. The van der Waals surface area contributed by atoms with E-state index in [0.29, 0.717) is 15.8 Å². The zero-order chi connectivity index (χ0) is 13.5. The molecule has 0 aromatic carbocycles. The molecule has 20 heavy (non-hydrogen) atoms. The predicted molar refractivity (Wildman–Crippen MR) is 83.5 cm³/mol. The standard InChI is InChI=1S/C14H19BrN2O2.ClH/c1-10-8-11(15)19-12(10)13(18)17-6-3-14(4-7-17)2-5-16-9-14;/h8,16H,2-7,9H2,1H3;1H. The van der Waals surface area contributed by atoms with Crippen LogP contribution in [0.2, 0.25) is 0 Å². The van der Waals surface area contributed by atoms with E-state index in [-0.39, 0.29) is 18.3 Å². The lowest BCUT2D eigenvalue weighted by atomic mass is 9.78. The van der Waals surface area contributed by atoms with Crippen LogP contribution in [-0.2, 0) is 0 Å². The van der Waals surface area contributed by atoms with Crippen molar-refractivity contribution in [3.05, 3.63) is 22.1 Å². The van der Waals surface area contributed by atoms with Gasteiger partial charge in [-0.05, 0) is 60.1 Å². The molecule has 6 heteroatoms. The molecule has 0 radical (unpaired) electrons. The maximum absolute atomic E-state index is 12.4. The molecule has 3 rings (SSSR count). The van der Waals surface area contributed by atoms with Gasteiger partial charge in [-0.1, -0.05) is 0 Å². The Balaban J connectivity index is 0.00000147. The van der Waals surface area contributed by atoms with Crippen molar-refractivity contribution in [3.63, 3.8) is 0 Å². The van der Waals surface area contributed by atoms with Gasteiger partial charge in [0.15, 0.2) is 10.4 Å². The second-order valence-electron chi connectivity index (χ2n) is 5.78. The smallest absolute Gasteiger partial charge is 0.289 e. The molecule has 112 valence electrons. The molecular formula is C14H20BrClN2O2. The second kappa shape index (κ2) is 6.08. The van der Waals surface area contributed by atoms with Gasteiger partial charge in [0.25, 0.3) is 5.91 Å². The predicted octanol–water partition coefficient (Wildman–Crippen LogP) is 2.99. The molecule has 3 heterocycles. The molecule has 1 aromatic rings. The van der Waals surface area contributed by atoms with Crippen LogP contribution in [0.5, 0.6) is 0 Å². The average Bonchev–Trinajstić information content (AvgIpc) is 2.97. The minimum absolute atomic E-state index is 0. The summed E-state index contributed by atoms with van der Waals surface area (Å²) in [4.78, 5) is 14.4. The van der Waals surface area contributed by atoms with E-state index >= 15 is 0 Å². The van der Waals surface area contributed by atoms with Crippen LogP contribution in [0.1, 0.15) is 35.4 Å². The van der Waals surface area contributed by atoms with E-state index < -0.39 is 0 Å². The first-order valence-electron chi connectivity index (χ1n) is 6.86. The summed E-state index contributed by atoms with van der Waals surface area (Å²) in [7, 11) is 0. The first-order chi connectivity index (χ1) is 9.10. The molecule has 0 saturated carbocycles. The topological polar surface area (TPSA) is 45.5 Å². The number of aryl methyl sites for hydroxylation is 1. The molecular weight excluding hydrogens is 344 g/mol. The van der Waals surface area contributed by atoms with Crippen LogP contribution in [0, 0.1) is 12.3 Å². The van der Waals surface area contributed by atoms with Gasteiger partial charge in [0.2, 0.25) is 0 Å². The van der Waals surface area contributed by atoms with Crippen molar-refractivity contribution >= 4 is 34.2 Å². The SMILES string of the molecule is Cc1cc(Br)oc1C(=O)N1CCC2(CCNC2)CC1.Cl. The van der Waals surface area contributed by atoms with Crippen LogP contribution in [0.15, 0.2) is 15.2 Å². The normalized spacial score (nSPS) is 21.0. The van der Waals surface area contributed by atoms with E-state index in [4.69, 9.17) is 4.42 Å². The highest BCUT2D eigenvalue weighted by atomic mass is 79.9. The van der Waals surface area contributed by atoms with Crippen LogP contribution in [0.25, 0.3) is 0 Å². The van der Waals surface area contributed by atoms with Crippen molar-refractivity contribution in [2.24, 2.45) is 5.41 Å². The van der Waals surface area contributed by atoms with Crippen molar-refractivity contribution < 1.29 is 9.21 Å². The Labute approximate surface area is 133 Å². The van der Waals surface area contributed by atoms with Crippen LogP contribution in [0.4, 0.5) is 0 Å². The summed E-state index contributed by atoms with van der Waals surface area (Å²) in [5.41, 5.74) is 1.34. The van der Waals surface area contributed by atoms with E-state index in [1.54, 1.807) is 0 Å². The van der Waals surface area contributed by atoms with Crippen molar-refractivity contribution in [2.45, 2.75) is 26.2 Å². The van der Waals surface area contributed by atoms with Gasteiger partial charge in [0, 0.05) is 25.2 Å². The summed E-state index contributed by atoms with van der Waals surface area (Å²) in [6.45, 7) is 5.84. The quantitative estimate of drug-likeness (QED) is 0.834. The summed E-state index contributed by atoms with van der Waals surface area (Å²) in [6.07, 6.45) is 3.46. The zero-order valence-corrected chi connectivity index (χ0v) is 14.0. The Morgan fingerprint density at radius 1 is 1.40 bits per heavy atom. The Kier molecular flexibility index (Phi) is 4.82. The fraction of sp³-hybridized carbons (Fsp3) is 0.643. The molecule has 1 aromatic heterocycles. The third-order valence-electron chi connectivity index (χ3n) is 4.53. The number of nitrogens with one attached hydrogen (secondary N) is 1. The van der Waals surface area contributed by atoms with Crippen LogP contribution in [-0.4, -0.2) is 37.0 Å². The molecule has 2 aliphatic heterocycles. The monoisotopic (exact) mass is 362 g/mol. The molecule has 2 saturated heterocycles. The number of halogens is 2. The van der Waals surface area contributed by atoms with Crippen LogP contribution < -0.4 is 5.32 Å². The van der Waals surface area contributed by atoms with Gasteiger partial charge in [-0.15, -0.1) is 12.4 Å². The number of rotatable bonds is 1. The van der Waals surface area contributed by atoms with Crippen molar-refractivity contribution in [2.75, 3.05) is 26.2 Å². The Bertz CT molecular complexity index is 487. The first-order valence-corrected chi connectivity index (χ1v) is 7.65. The maximum Gasteiger partial charge on any atom is 0.289 e. The largest absolute Gasteiger partial charge is 0.444 e. The van der Waals surface area contributed by atoms with Gasteiger partial charge in [0.05, 0.1) is 0 Å². The summed E-state index contributed by atoms with van der Waals surface area (Å²) >= 11 is 3.28. The van der Waals surface area contributed by atoms with E-state index in [0.717, 1.165) is 44.6 Å². The van der Waals surface area contributed by atoms with Gasteiger partial charge in [-0.2, -0.15) is 0 Å². The number of nitrogens with zero attached hydrogens (tertiary/aromatic N) is 1. The minimum Gasteiger partial charge on any atom is -0.444 e. The van der Waals surface area contributed by atoms with E-state index in [2.05, 4.69) is 21.2 Å². The zero-order valence-electron chi connectivity index (χ0n) is 11.6. The molecule has 1 N–H and O–H groups in total. The van der Waals surface area contributed by atoms with Crippen LogP contribution >= 0.6 is 28.3 Å².